The monoisotopic (exact) mass is 362 g/mol. The zero-order valence-electron chi connectivity index (χ0n) is 12.7. The van der Waals surface area contributed by atoms with Gasteiger partial charge in [0.1, 0.15) is 0 Å². The van der Waals surface area contributed by atoms with Gasteiger partial charge in [-0.1, -0.05) is 29.2 Å². The molecule has 7 nitrogen and oxygen atoms in total. The number of H-pyrrole nitrogens is 1. The fourth-order valence-corrected chi connectivity index (χ4v) is 3.79. The van der Waals surface area contributed by atoms with Crippen LogP contribution in [0.3, 0.4) is 0 Å². The fraction of sp³-hybridized carbons (Fsp3) is 0.200. The lowest BCUT2D eigenvalue weighted by Gasteiger charge is -2.02. The van der Waals surface area contributed by atoms with E-state index in [1.807, 2.05) is 25.1 Å². The first-order valence-electron chi connectivity index (χ1n) is 7.10. The molecule has 0 radical (unpaired) electrons. The molecule has 9 heteroatoms. The molecule has 24 heavy (non-hydrogen) atoms. The van der Waals surface area contributed by atoms with Crippen molar-refractivity contribution in [1.29, 1.82) is 0 Å². The number of thioether (sulfide) groups is 1. The number of nitrogens with zero attached hydrogens (tertiary/aromatic N) is 2. The van der Waals surface area contributed by atoms with Gasteiger partial charge in [0.2, 0.25) is 11.8 Å². The van der Waals surface area contributed by atoms with Crippen molar-refractivity contribution in [3.8, 4) is 5.88 Å². The number of benzene rings is 1. The van der Waals surface area contributed by atoms with Gasteiger partial charge in [0, 0.05) is 12.2 Å². The number of thiazole rings is 1. The summed E-state index contributed by atoms with van der Waals surface area (Å²) in [6, 6.07) is 6.93. The molecule has 3 rings (SSSR count). The summed E-state index contributed by atoms with van der Waals surface area (Å²) in [5.74, 6) is -0.0846. The summed E-state index contributed by atoms with van der Waals surface area (Å²) < 4.78 is 1.03. The quantitative estimate of drug-likeness (QED) is 0.475. The molecule has 124 valence electrons. The van der Waals surface area contributed by atoms with Gasteiger partial charge in [-0.2, -0.15) is 4.98 Å². The second-order valence-corrected chi connectivity index (χ2v) is 7.16. The third-order valence-electron chi connectivity index (χ3n) is 3.06. The number of aryl methyl sites for hydroxylation is 1. The molecule has 2 heterocycles. The average Bonchev–Trinajstić information content (AvgIpc) is 2.87. The minimum Gasteiger partial charge on any atom is -0.493 e. The van der Waals surface area contributed by atoms with Crippen LogP contribution in [0.4, 0.5) is 5.13 Å². The lowest BCUT2D eigenvalue weighted by Crippen LogP contribution is -2.12. The van der Waals surface area contributed by atoms with Gasteiger partial charge in [0.25, 0.3) is 5.56 Å². The molecule has 0 fully saturated rings. The van der Waals surface area contributed by atoms with Gasteiger partial charge >= 0.3 is 0 Å². The van der Waals surface area contributed by atoms with Crippen LogP contribution >= 0.6 is 23.1 Å². The highest BCUT2D eigenvalue weighted by atomic mass is 32.2. The number of hydrogen-bond donors (Lipinski definition) is 3. The lowest BCUT2D eigenvalue weighted by molar-refractivity contribution is -0.115. The number of nitrogens with one attached hydrogen (secondary N) is 2. The fourth-order valence-electron chi connectivity index (χ4n) is 2.00. The highest BCUT2D eigenvalue weighted by Gasteiger charge is 2.09. The molecule has 3 aromatic rings. The largest absolute Gasteiger partial charge is 0.493 e. The summed E-state index contributed by atoms with van der Waals surface area (Å²) in [5.41, 5.74) is 1.57. The number of aromatic hydroxyl groups is 1. The maximum atomic E-state index is 12.0. The summed E-state index contributed by atoms with van der Waals surface area (Å²) in [6.07, 6.45) is 0.235. The summed E-state index contributed by atoms with van der Waals surface area (Å²) in [6.45, 7) is 2.01. The zero-order valence-corrected chi connectivity index (χ0v) is 14.3. The van der Waals surface area contributed by atoms with Crippen LogP contribution in [0, 0.1) is 6.92 Å². The van der Waals surface area contributed by atoms with E-state index in [2.05, 4.69) is 20.3 Å². The summed E-state index contributed by atoms with van der Waals surface area (Å²) in [7, 11) is 0. The highest BCUT2D eigenvalue weighted by molar-refractivity contribution is 7.99. The van der Waals surface area contributed by atoms with Crippen molar-refractivity contribution >= 4 is 44.4 Å². The molecule has 0 atom stereocenters. The zero-order chi connectivity index (χ0) is 17.1. The van der Waals surface area contributed by atoms with E-state index in [0.717, 1.165) is 21.8 Å². The molecule has 0 spiro atoms. The molecule has 0 aliphatic carbocycles. The van der Waals surface area contributed by atoms with Crippen LogP contribution in [0.1, 0.15) is 12.0 Å². The Bertz CT molecular complexity index is 951. The Labute approximate surface area is 145 Å². The van der Waals surface area contributed by atoms with Gasteiger partial charge in [0.05, 0.1) is 16.3 Å². The second kappa shape index (κ2) is 7.02. The standard InChI is InChI=1S/C15H14N4O3S2/c1-8-2-3-9-10(6-8)24-15(16-9)17-11(20)4-5-23-14-18-12(21)7-13(22)19-14/h2-3,6-7H,4-5H2,1H3,(H,16,17,20)(H2,18,19,21,22). The summed E-state index contributed by atoms with van der Waals surface area (Å²) >= 11 is 2.62. The number of hydrogen-bond acceptors (Lipinski definition) is 7. The normalized spacial score (nSPS) is 10.9. The van der Waals surface area contributed by atoms with Crippen molar-refractivity contribution in [3.63, 3.8) is 0 Å². The van der Waals surface area contributed by atoms with Crippen LogP contribution in [0.25, 0.3) is 10.2 Å². The van der Waals surface area contributed by atoms with Crippen LogP contribution in [-0.4, -0.2) is 31.7 Å². The average molecular weight is 362 g/mol. The van der Waals surface area contributed by atoms with Gasteiger partial charge in [-0.05, 0) is 24.6 Å². The third-order valence-corrected chi connectivity index (χ3v) is 4.87. The SMILES string of the molecule is Cc1ccc2nc(NC(=O)CCSc3nc(O)cc(=O)[nH]3)sc2c1. The van der Waals surface area contributed by atoms with Crippen LogP contribution in [0.5, 0.6) is 5.88 Å². The molecular formula is C15H14N4O3S2. The number of aromatic amines is 1. The second-order valence-electron chi connectivity index (χ2n) is 5.05. The van der Waals surface area contributed by atoms with Crippen molar-refractivity contribution < 1.29 is 9.90 Å². The van der Waals surface area contributed by atoms with Crippen molar-refractivity contribution in [2.75, 3.05) is 11.1 Å². The molecule has 0 saturated heterocycles. The Morgan fingerprint density at radius 2 is 2.21 bits per heavy atom. The molecule has 3 N–H and O–H groups in total. The molecule has 0 bridgehead atoms. The van der Waals surface area contributed by atoms with E-state index < -0.39 is 5.56 Å². The van der Waals surface area contributed by atoms with E-state index in [1.54, 1.807) is 0 Å². The number of aromatic nitrogens is 3. The highest BCUT2D eigenvalue weighted by Crippen LogP contribution is 2.26. The Hall–Kier alpha value is -2.39. The molecule has 0 aliphatic rings. The maximum Gasteiger partial charge on any atom is 0.255 e. The lowest BCUT2D eigenvalue weighted by atomic mass is 10.2. The van der Waals surface area contributed by atoms with Crippen molar-refractivity contribution in [2.45, 2.75) is 18.5 Å². The summed E-state index contributed by atoms with van der Waals surface area (Å²) in [4.78, 5) is 33.8. The Morgan fingerprint density at radius 3 is 3.00 bits per heavy atom. The minimum atomic E-state index is -0.431. The maximum absolute atomic E-state index is 12.0. The topological polar surface area (TPSA) is 108 Å². The molecule has 1 aromatic carbocycles. The van der Waals surface area contributed by atoms with Gasteiger partial charge < -0.3 is 15.4 Å². The number of fused-ring (bicyclic) bond motifs is 1. The molecule has 1 amide bonds. The molecule has 2 aromatic heterocycles. The van der Waals surface area contributed by atoms with Crippen molar-refractivity contribution in [3.05, 3.63) is 40.2 Å². The van der Waals surface area contributed by atoms with Crippen LogP contribution in [0.15, 0.2) is 34.2 Å². The predicted octanol–water partition coefficient (Wildman–Crippen LogP) is 2.51. The van der Waals surface area contributed by atoms with E-state index in [0.29, 0.717) is 10.9 Å². The molecule has 0 aliphatic heterocycles. The van der Waals surface area contributed by atoms with Crippen LogP contribution in [-0.2, 0) is 4.79 Å². The van der Waals surface area contributed by atoms with E-state index >= 15 is 0 Å². The first-order chi connectivity index (χ1) is 11.5. The van der Waals surface area contributed by atoms with Gasteiger partial charge in [-0.3, -0.25) is 9.59 Å². The Morgan fingerprint density at radius 1 is 1.38 bits per heavy atom. The molecule has 0 unspecified atom stereocenters. The van der Waals surface area contributed by atoms with E-state index in [-0.39, 0.29) is 23.4 Å². The van der Waals surface area contributed by atoms with Gasteiger partial charge in [0.15, 0.2) is 10.3 Å². The van der Waals surface area contributed by atoms with Gasteiger partial charge in [-0.25, -0.2) is 4.98 Å². The Kier molecular flexibility index (Phi) is 4.81. The number of rotatable bonds is 5. The number of carbonyl (C=O) groups is 1. The van der Waals surface area contributed by atoms with Crippen molar-refractivity contribution in [2.24, 2.45) is 0 Å². The first kappa shape index (κ1) is 16.5. The molecule has 0 saturated carbocycles. The minimum absolute atomic E-state index is 0.166. The molecular weight excluding hydrogens is 348 g/mol. The smallest absolute Gasteiger partial charge is 0.255 e. The van der Waals surface area contributed by atoms with E-state index in [1.165, 1.54) is 23.1 Å². The van der Waals surface area contributed by atoms with Crippen LogP contribution < -0.4 is 10.9 Å². The number of anilines is 1. The third kappa shape index (κ3) is 4.12. The van der Waals surface area contributed by atoms with E-state index in [9.17, 15) is 14.7 Å². The summed E-state index contributed by atoms with van der Waals surface area (Å²) in [5, 5.41) is 12.9. The predicted molar refractivity (Wildman–Crippen MR) is 94.9 cm³/mol. The van der Waals surface area contributed by atoms with Gasteiger partial charge in [-0.15, -0.1) is 0 Å². The van der Waals surface area contributed by atoms with Crippen LogP contribution in [0.2, 0.25) is 0 Å². The Balaban J connectivity index is 1.55. The number of amides is 1. The first-order valence-corrected chi connectivity index (χ1v) is 8.90. The van der Waals surface area contributed by atoms with Crippen molar-refractivity contribution in [1.82, 2.24) is 15.0 Å². The number of carbonyl (C=O) groups excluding carboxylic acids is 1. The van der Waals surface area contributed by atoms with E-state index in [4.69, 9.17) is 0 Å².